The topological polar surface area (TPSA) is 101 Å². The van der Waals surface area contributed by atoms with Crippen LogP contribution in [0.2, 0.25) is 0 Å². The molecule has 5 heteroatoms. The van der Waals surface area contributed by atoms with Gasteiger partial charge in [0.2, 0.25) is 0 Å². The molecule has 5 nitrogen and oxygen atoms in total. The normalized spacial score (nSPS) is 12.4. The first-order chi connectivity index (χ1) is 7.13. The molecule has 6 N–H and O–H groups in total. The van der Waals surface area contributed by atoms with Gasteiger partial charge in [-0.3, -0.25) is 16.1 Å². The van der Waals surface area contributed by atoms with Crippen LogP contribution in [0.3, 0.4) is 0 Å². The van der Waals surface area contributed by atoms with Gasteiger partial charge in [-0.2, -0.15) is 0 Å². The van der Waals surface area contributed by atoms with E-state index in [1.54, 1.807) is 0 Å². The van der Waals surface area contributed by atoms with Crippen LogP contribution >= 0.6 is 0 Å². The summed E-state index contributed by atoms with van der Waals surface area (Å²) in [5, 5.41) is 8.63. The first-order valence-corrected chi connectivity index (χ1v) is 4.63. The zero-order chi connectivity index (χ0) is 11.3. The summed E-state index contributed by atoms with van der Waals surface area (Å²) in [5.41, 5.74) is 9.91. The van der Waals surface area contributed by atoms with Crippen LogP contribution in [0.4, 0.5) is 0 Å². The van der Waals surface area contributed by atoms with Gasteiger partial charge in [0.15, 0.2) is 0 Å². The van der Waals surface area contributed by atoms with Crippen molar-refractivity contribution in [2.45, 2.75) is 19.0 Å². The van der Waals surface area contributed by atoms with E-state index in [0.717, 1.165) is 11.1 Å². The van der Waals surface area contributed by atoms with E-state index < -0.39 is 12.0 Å². The van der Waals surface area contributed by atoms with Crippen molar-refractivity contribution in [3.63, 3.8) is 0 Å². The lowest BCUT2D eigenvalue weighted by molar-refractivity contribution is -0.138. The number of carboxylic acid groups (broad SMARTS) is 1. The Morgan fingerprint density at radius 2 is 1.87 bits per heavy atom. The van der Waals surface area contributed by atoms with Gasteiger partial charge >= 0.3 is 5.97 Å². The number of carbonyl (C=O) groups is 1. The van der Waals surface area contributed by atoms with Crippen molar-refractivity contribution in [3.05, 3.63) is 35.4 Å². The van der Waals surface area contributed by atoms with E-state index in [0.29, 0.717) is 13.0 Å². The van der Waals surface area contributed by atoms with Gasteiger partial charge < -0.3 is 10.8 Å². The first-order valence-electron chi connectivity index (χ1n) is 4.63. The van der Waals surface area contributed by atoms with E-state index >= 15 is 0 Å². The van der Waals surface area contributed by atoms with E-state index in [-0.39, 0.29) is 0 Å². The van der Waals surface area contributed by atoms with Crippen molar-refractivity contribution >= 4 is 5.97 Å². The molecule has 1 aromatic carbocycles. The van der Waals surface area contributed by atoms with Crippen molar-refractivity contribution < 1.29 is 9.90 Å². The zero-order valence-corrected chi connectivity index (χ0v) is 8.31. The Morgan fingerprint density at radius 3 is 2.33 bits per heavy atom. The number of aliphatic carboxylic acids is 1. The average molecular weight is 209 g/mol. The number of benzene rings is 1. The van der Waals surface area contributed by atoms with E-state index in [9.17, 15) is 4.79 Å². The average Bonchev–Trinajstić information content (AvgIpc) is 2.21. The van der Waals surface area contributed by atoms with Crippen LogP contribution in [-0.4, -0.2) is 17.1 Å². The maximum Gasteiger partial charge on any atom is 0.320 e. The quantitative estimate of drug-likeness (QED) is 0.390. The third-order valence-corrected chi connectivity index (χ3v) is 2.10. The highest BCUT2D eigenvalue weighted by Crippen LogP contribution is 2.06. The summed E-state index contributed by atoms with van der Waals surface area (Å²) in [4.78, 5) is 10.5. The molecule has 15 heavy (non-hydrogen) atoms. The lowest BCUT2D eigenvalue weighted by Crippen LogP contribution is -2.32. The standard InChI is InChI=1S/C10H15N3O2/c11-9(10(14)15)5-7-1-3-8(4-2-7)6-13-12/h1-4,9,13H,5-6,11-12H2,(H,14,15)/t9-/m0/s1. The number of carboxylic acids is 1. The predicted molar refractivity (Wildman–Crippen MR) is 56.8 cm³/mol. The van der Waals surface area contributed by atoms with Crippen molar-refractivity contribution in [2.75, 3.05) is 0 Å². The predicted octanol–water partition coefficient (Wildman–Crippen LogP) is -0.396. The summed E-state index contributed by atoms with van der Waals surface area (Å²) >= 11 is 0. The van der Waals surface area contributed by atoms with Crippen molar-refractivity contribution in [2.24, 2.45) is 11.6 Å². The van der Waals surface area contributed by atoms with Crippen LogP contribution in [0, 0.1) is 0 Å². The van der Waals surface area contributed by atoms with E-state index in [2.05, 4.69) is 5.43 Å². The Labute approximate surface area is 88.0 Å². The molecule has 1 rings (SSSR count). The molecule has 0 unspecified atom stereocenters. The molecule has 0 aliphatic heterocycles. The summed E-state index contributed by atoms with van der Waals surface area (Å²) in [7, 11) is 0. The van der Waals surface area contributed by atoms with E-state index in [1.165, 1.54) is 0 Å². The van der Waals surface area contributed by atoms with Crippen LogP contribution in [0.1, 0.15) is 11.1 Å². The molecule has 0 saturated carbocycles. The summed E-state index contributed by atoms with van der Waals surface area (Å²) in [6.07, 6.45) is 0.339. The molecule has 0 aliphatic carbocycles. The second-order valence-corrected chi connectivity index (χ2v) is 3.35. The van der Waals surface area contributed by atoms with Crippen molar-refractivity contribution in [3.8, 4) is 0 Å². The third kappa shape index (κ3) is 3.67. The van der Waals surface area contributed by atoms with Crippen molar-refractivity contribution in [1.29, 1.82) is 0 Å². The number of hydrogen-bond donors (Lipinski definition) is 4. The molecule has 0 bridgehead atoms. The molecule has 0 spiro atoms. The molecule has 1 atom stereocenters. The Bertz CT molecular complexity index is 324. The molecule has 0 radical (unpaired) electrons. The van der Waals surface area contributed by atoms with Gasteiger partial charge in [0, 0.05) is 6.54 Å². The van der Waals surface area contributed by atoms with Gasteiger partial charge in [0.1, 0.15) is 6.04 Å². The molecule has 0 heterocycles. The Balaban J connectivity index is 2.60. The van der Waals surface area contributed by atoms with Gasteiger partial charge in [-0.05, 0) is 17.5 Å². The van der Waals surface area contributed by atoms with Crippen LogP contribution in [0.25, 0.3) is 0 Å². The Hall–Kier alpha value is -1.43. The molecule has 0 amide bonds. The molecule has 82 valence electrons. The molecule has 0 saturated heterocycles. The number of hydrogen-bond acceptors (Lipinski definition) is 4. The second-order valence-electron chi connectivity index (χ2n) is 3.35. The van der Waals surface area contributed by atoms with Crippen LogP contribution in [0.5, 0.6) is 0 Å². The van der Waals surface area contributed by atoms with Crippen LogP contribution < -0.4 is 17.0 Å². The highest BCUT2D eigenvalue weighted by molar-refractivity contribution is 5.73. The highest BCUT2D eigenvalue weighted by atomic mass is 16.4. The lowest BCUT2D eigenvalue weighted by atomic mass is 10.0. The first kappa shape index (κ1) is 11.6. The van der Waals surface area contributed by atoms with Gasteiger partial charge in [0.05, 0.1) is 0 Å². The smallest absolute Gasteiger partial charge is 0.320 e. The highest BCUT2D eigenvalue weighted by Gasteiger charge is 2.11. The summed E-state index contributed by atoms with van der Waals surface area (Å²) in [6, 6.07) is 6.65. The largest absolute Gasteiger partial charge is 0.480 e. The second kappa shape index (κ2) is 5.45. The Morgan fingerprint density at radius 1 is 1.33 bits per heavy atom. The van der Waals surface area contributed by atoms with Gasteiger partial charge in [-0.25, -0.2) is 0 Å². The third-order valence-electron chi connectivity index (χ3n) is 2.10. The van der Waals surface area contributed by atoms with E-state index in [1.807, 2.05) is 24.3 Å². The number of nitrogens with two attached hydrogens (primary N) is 2. The number of nitrogens with one attached hydrogen (secondary N) is 1. The number of rotatable bonds is 5. The molecule has 0 fully saturated rings. The van der Waals surface area contributed by atoms with Gasteiger partial charge in [-0.15, -0.1) is 0 Å². The molecule has 1 aromatic rings. The lowest BCUT2D eigenvalue weighted by Gasteiger charge is -2.07. The maximum absolute atomic E-state index is 10.5. The zero-order valence-electron chi connectivity index (χ0n) is 8.31. The SMILES string of the molecule is NNCc1ccc(C[C@H](N)C(=O)O)cc1. The minimum Gasteiger partial charge on any atom is -0.480 e. The Kier molecular flexibility index (Phi) is 4.23. The monoisotopic (exact) mass is 209 g/mol. The van der Waals surface area contributed by atoms with E-state index in [4.69, 9.17) is 16.7 Å². The fourth-order valence-electron chi connectivity index (χ4n) is 1.25. The fraction of sp³-hybridized carbons (Fsp3) is 0.300. The molecule has 0 aromatic heterocycles. The molecule has 0 aliphatic rings. The molecular weight excluding hydrogens is 194 g/mol. The maximum atomic E-state index is 10.5. The van der Waals surface area contributed by atoms with Gasteiger partial charge in [0.25, 0.3) is 0 Å². The van der Waals surface area contributed by atoms with Crippen LogP contribution in [0.15, 0.2) is 24.3 Å². The fourth-order valence-corrected chi connectivity index (χ4v) is 1.25. The van der Waals surface area contributed by atoms with Gasteiger partial charge in [-0.1, -0.05) is 24.3 Å². The van der Waals surface area contributed by atoms with Crippen LogP contribution in [-0.2, 0) is 17.8 Å². The summed E-state index contributed by atoms with van der Waals surface area (Å²) in [6.45, 7) is 0.589. The molecular formula is C10H15N3O2. The summed E-state index contributed by atoms with van der Waals surface area (Å²) < 4.78 is 0. The van der Waals surface area contributed by atoms with Crippen molar-refractivity contribution in [1.82, 2.24) is 5.43 Å². The minimum absolute atomic E-state index is 0.339. The summed E-state index contributed by atoms with van der Waals surface area (Å²) in [5.74, 6) is 4.19. The minimum atomic E-state index is -0.984. The number of hydrazine groups is 1.